The highest BCUT2D eigenvalue weighted by Gasteiger charge is 2.75. The summed E-state index contributed by atoms with van der Waals surface area (Å²) >= 11 is 20.6. The van der Waals surface area contributed by atoms with E-state index >= 15 is 0 Å². The number of phenolic OH excluding ortho intramolecular Hbond substituents is 1. The zero-order valence-electron chi connectivity index (χ0n) is 18.3. The Bertz CT molecular complexity index is 1460. The topological polar surface area (TPSA) is 116 Å². The number of amides is 2. The Balaban J connectivity index is 1.84. The fourth-order valence-electron chi connectivity index (χ4n) is 5.41. The minimum atomic E-state index is -1.95. The van der Waals surface area contributed by atoms with Gasteiger partial charge in [-0.15, -0.1) is 23.2 Å². The number of ether oxygens (including phenoxy) is 1. The lowest BCUT2D eigenvalue weighted by Crippen LogP contribution is -2.59. The van der Waals surface area contributed by atoms with Crippen molar-refractivity contribution in [2.45, 2.75) is 34.7 Å². The van der Waals surface area contributed by atoms with Gasteiger partial charge in [-0.3, -0.25) is 14.5 Å². The number of likely N-dealkylation sites (tertiary alicyclic amines) is 1. The molecular formula is C21H18Br2Cl2N4O6. The van der Waals surface area contributed by atoms with E-state index in [-0.39, 0.29) is 34.4 Å². The zero-order chi connectivity index (χ0) is 25.6. The van der Waals surface area contributed by atoms with Crippen LogP contribution in [-0.2, 0) is 23.2 Å². The molecule has 0 bridgehead atoms. The van der Waals surface area contributed by atoms with Crippen LogP contribution in [0.5, 0.6) is 11.5 Å². The molecule has 1 N–H and O–H groups in total. The van der Waals surface area contributed by atoms with E-state index in [9.17, 15) is 24.3 Å². The molecule has 2 aromatic rings. The van der Waals surface area contributed by atoms with Gasteiger partial charge in [0.15, 0.2) is 21.2 Å². The van der Waals surface area contributed by atoms with Crippen molar-refractivity contribution in [1.29, 1.82) is 0 Å². The van der Waals surface area contributed by atoms with Crippen LogP contribution in [0, 0.1) is 0 Å². The van der Waals surface area contributed by atoms with E-state index in [0.29, 0.717) is 11.1 Å². The van der Waals surface area contributed by atoms with Crippen molar-refractivity contribution in [3.63, 3.8) is 0 Å². The van der Waals surface area contributed by atoms with Crippen molar-refractivity contribution in [2.75, 3.05) is 12.6 Å². The zero-order valence-corrected chi connectivity index (χ0v) is 23.0. The molecule has 1 saturated heterocycles. The number of aromatic nitrogens is 3. The van der Waals surface area contributed by atoms with Crippen molar-refractivity contribution in [1.82, 2.24) is 18.8 Å². The largest absolute Gasteiger partial charge is 0.503 e. The molecule has 10 nitrogen and oxygen atoms in total. The number of rotatable bonds is 3. The van der Waals surface area contributed by atoms with E-state index in [1.807, 2.05) is 0 Å². The quantitative estimate of drug-likeness (QED) is 0.235. The maximum Gasteiger partial charge on any atom is 0.347 e. The van der Waals surface area contributed by atoms with E-state index in [1.165, 1.54) is 29.6 Å². The molecule has 2 fully saturated rings. The molecule has 1 aromatic carbocycles. The first kappa shape index (κ1) is 24.7. The summed E-state index contributed by atoms with van der Waals surface area (Å²) in [5.41, 5.74) is -0.229. The van der Waals surface area contributed by atoms with Crippen molar-refractivity contribution >= 4 is 66.9 Å². The number of alkyl halides is 3. The minimum Gasteiger partial charge on any atom is -0.503 e. The molecule has 1 saturated carbocycles. The van der Waals surface area contributed by atoms with Crippen molar-refractivity contribution < 1.29 is 19.4 Å². The molecule has 2 aliphatic heterocycles. The monoisotopic (exact) mass is 650 g/mol. The highest BCUT2D eigenvalue weighted by molar-refractivity contribution is 9.10. The number of nitrogens with zero attached hydrogens (tertiary/aromatic N) is 4. The van der Waals surface area contributed by atoms with Crippen LogP contribution in [-0.4, -0.2) is 58.1 Å². The first-order chi connectivity index (χ1) is 16.4. The fraction of sp³-hybridized carbons (Fsp3) is 0.429. The van der Waals surface area contributed by atoms with E-state index in [4.69, 9.17) is 27.9 Å². The second kappa shape index (κ2) is 7.99. The molecular weight excluding hydrogens is 635 g/mol. The minimum absolute atomic E-state index is 0.0557. The van der Waals surface area contributed by atoms with Gasteiger partial charge in [0.1, 0.15) is 0 Å². The molecule has 0 unspecified atom stereocenters. The number of allylic oxidation sites excluding steroid dienone is 2. The number of aromatic hydroxyl groups is 1. The van der Waals surface area contributed by atoms with Gasteiger partial charge in [-0.2, -0.15) is 0 Å². The predicted molar refractivity (Wildman–Crippen MR) is 134 cm³/mol. The van der Waals surface area contributed by atoms with Gasteiger partial charge < -0.3 is 9.84 Å². The van der Waals surface area contributed by atoms with Gasteiger partial charge in [0.25, 0.3) is 11.8 Å². The molecule has 14 heteroatoms. The number of carbonyl (C=O) groups excluding carboxylic acids is 2. The lowest BCUT2D eigenvalue weighted by molar-refractivity contribution is -0.138. The number of phenols is 1. The summed E-state index contributed by atoms with van der Waals surface area (Å²) in [6.07, 6.45) is 1.55. The number of methoxy groups -OCH3 is 1. The first-order valence-electron chi connectivity index (χ1n) is 10.4. The third-order valence-electron chi connectivity index (χ3n) is 7.08. The van der Waals surface area contributed by atoms with E-state index < -0.39 is 44.9 Å². The fourth-order valence-corrected chi connectivity index (χ4v) is 7.28. The molecule has 2 amide bonds. The number of halogens is 4. The lowest BCUT2D eigenvalue weighted by atomic mass is 9.64. The Morgan fingerprint density at radius 2 is 1.86 bits per heavy atom. The normalized spacial score (nSPS) is 29.5. The van der Waals surface area contributed by atoms with Gasteiger partial charge in [0.05, 0.1) is 29.6 Å². The van der Waals surface area contributed by atoms with Gasteiger partial charge in [-0.05, 0) is 39.2 Å². The van der Waals surface area contributed by atoms with Gasteiger partial charge in [-0.25, -0.2) is 23.5 Å². The van der Waals surface area contributed by atoms with E-state index in [1.54, 1.807) is 12.1 Å². The van der Waals surface area contributed by atoms with Crippen LogP contribution in [0.4, 0.5) is 0 Å². The van der Waals surface area contributed by atoms with Crippen LogP contribution in [0.15, 0.2) is 37.8 Å². The molecule has 35 heavy (non-hydrogen) atoms. The van der Waals surface area contributed by atoms with Crippen LogP contribution >= 0.6 is 55.1 Å². The van der Waals surface area contributed by atoms with Crippen LogP contribution in [0.2, 0.25) is 0 Å². The Hall–Kier alpha value is -2.02. The average Bonchev–Trinajstić information content (AvgIpc) is 3.13. The number of imide groups is 1. The Morgan fingerprint density at radius 3 is 2.49 bits per heavy atom. The first-order valence-corrected chi connectivity index (χ1v) is 13.1. The van der Waals surface area contributed by atoms with Crippen molar-refractivity contribution in [3.05, 3.63) is 54.8 Å². The highest BCUT2D eigenvalue weighted by atomic mass is 79.9. The number of hydrogen-bond donors (Lipinski definition) is 1. The molecule has 3 heterocycles. The van der Waals surface area contributed by atoms with E-state index in [0.717, 1.165) is 9.47 Å². The maximum atomic E-state index is 13.7. The molecule has 1 aliphatic carbocycles. The van der Waals surface area contributed by atoms with Crippen LogP contribution in [0.1, 0.15) is 23.9 Å². The highest BCUT2D eigenvalue weighted by Crippen LogP contribution is 2.64. The average molecular weight is 653 g/mol. The molecule has 3 aliphatic rings. The second-order valence-corrected chi connectivity index (χ2v) is 11.2. The summed E-state index contributed by atoms with van der Waals surface area (Å²) in [4.78, 5) is 49.9. The lowest BCUT2D eigenvalue weighted by Gasteiger charge is -2.49. The summed E-state index contributed by atoms with van der Waals surface area (Å²) in [6.45, 7) is 0.0557. The van der Waals surface area contributed by atoms with Gasteiger partial charge in [0, 0.05) is 19.4 Å². The smallest absolute Gasteiger partial charge is 0.347 e. The summed E-state index contributed by atoms with van der Waals surface area (Å²) in [7, 11) is 2.74. The molecule has 4 atom stereocenters. The maximum absolute atomic E-state index is 13.7. The van der Waals surface area contributed by atoms with Gasteiger partial charge >= 0.3 is 11.4 Å². The van der Waals surface area contributed by atoms with Gasteiger partial charge in [-0.1, -0.05) is 22.0 Å². The van der Waals surface area contributed by atoms with Crippen molar-refractivity contribution in [2.24, 2.45) is 7.05 Å². The standard InChI is InChI=1S/C21H18Br2Cl2N4O6/c1-26-18(33)28-4-3-10-12(29(28)19(26)34)7-20(24)16(31)27(8-22)17(32)21(20,25)14(10)9-5-11(23)15(30)13(6-9)35-2/h3,5-6,12,14,30H,4,7-8H2,1-2H3/t12-,14+,20-,21+/m1/s1. The Labute approximate surface area is 224 Å². The molecule has 1 aromatic heterocycles. The molecule has 0 radical (unpaired) electrons. The molecule has 5 rings (SSSR count). The number of carbonyl (C=O) groups is 2. The number of hydrogen-bond acceptors (Lipinski definition) is 6. The van der Waals surface area contributed by atoms with E-state index in [2.05, 4.69) is 31.9 Å². The Kier molecular flexibility index (Phi) is 5.63. The SMILES string of the molecule is COc1cc([C@H]2C3=CCn4c(=O)n(C)c(=O)n4[C@@H]3C[C@@]3(Cl)C(=O)N(CBr)C(=O)[C@@]23Cl)cc(Br)c1O. The summed E-state index contributed by atoms with van der Waals surface area (Å²) < 4.78 is 9.08. The third-order valence-corrected chi connectivity index (χ3v) is 9.60. The molecule has 0 spiro atoms. The van der Waals surface area contributed by atoms with Crippen molar-refractivity contribution in [3.8, 4) is 11.5 Å². The number of benzene rings is 1. The van der Waals surface area contributed by atoms with Gasteiger partial charge in [0.2, 0.25) is 0 Å². The Morgan fingerprint density at radius 1 is 1.17 bits per heavy atom. The third kappa shape index (κ3) is 2.93. The number of fused-ring (bicyclic) bond motifs is 4. The summed E-state index contributed by atoms with van der Waals surface area (Å²) in [5, 5.41) is 10.4. The van der Waals surface area contributed by atoms with Crippen LogP contribution in [0.3, 0.4) is 0 Å². The molecule has 186 valence electrons. The predicted octanol–water partition coefficient (Wildman–Crippen LogP) is 2.17. The van der Waals surface area contributed by atoms with Crippen LogP contribution < -0.4 is 16.1 Å². The summed E-state index contributed by atoms with van der Waals surface area (Å²) in [6, 6.07) is 2.25. The second-order valence-electron chi connectivity index (χ2n) is 8.63. The van der Waals surface area contributed by atoms with Crippen LogP contribution in [0.25, 0.3) is 0 Å². The summed E-state index contributed by atoms with van der Waals surface area (Å²) in [5.74, 6) is -2.44.